The van der Waals surface area contributed by atoms with Crippen molar-refractivity contribution in [3.05, 3.63) is 35.0 Å². The molecule has 2 aliphatic rings. The van der Waals surface area contributed by atoms with E-state index in [1.807, 2.05) is 0 Å². The molecular weight excluding hydrogens is 414 g/mol. The Bertz CT molecular complexity index is 912. The number of amides is 1. The highest BCUT2D eigenvalue weighted by molar-refractivity contribution is 6.33. The summed E-state index contributed by atoms with van der Waals surface area (Å²) in [7, 11) is 1.57. The zero-order valence-corrected chi connectivity index (χ0v) is 17.6. The lowest BCUT2D eigenvalue weighted by Crippen LogP contribution is -2.38. The number of hydrogen-bond donors (Lipinski definition) is 1. The van der Waals surface area contributed by atoms with Crippen molar-refractivity contribution < 1.29 is 13.6 Å². The molecule has 162 valence electrons. The van der Waals surface area contributed by atoms with Crippen molar-refractivity contribution in [1.82, 2.24) is 24.6 Å². The maximum absolute atomic E-state index is 12.9. The van der Waals surface area contributed by atoms with Gasteiger partial charge >= 0.3 is 0 Å². The molecule has 0 atom stereocenters. The summed E-state index contributed by atoms with van der Waals surface area (Å²) >= 11 is 6.24. The van der Waals surface area contributed by atoms with Gasteiger partial charge in [-0.05, 0) is 43.1 Å². The molecule has 10 heteroatoms. The van der Waals surface area contributed by atoms with Gasteiger partial charge < -0.3 is 10.2 Å². The van der Waals surface area contributed by atoms with Gasteiger partial charge in [0, 0.05) is 19.8 Å². The standard InChI is InChI=1S/C20H25ClF2N6O/c1-28(10-18-26-12-27-29(18)9-16(22)23)19(30)14-7-17(24-8-15(14)21)25-11-20(5-2-6-20)13-3-4-13/h7-8,12-13,16H,2-6,9-11H2,1H3,(H,24,25). The summed E-state index contributed by atoms with van der Waals surface area (Å²) in [4.78, 5) is 22.6. The van der Waals surface area contributed by atoms with Crippen LogP contribution in [0.25, 0.3) is 0 Å². The van der Waals surface area contributed by atoms with Gasteiger partial charge in [0.15, 0.2) is 0 Å². The summed E-state index contributed by atoms with van der Waals surface area (Å²) < 4.78 is 26.5. The van der Waals surface area contributed by atoms with Crippen molar-refractivity contribution in [3.63, 3.8) is 0 Å². The minimum atomic E-state index is -2.55. The number of pyridine rings is 1. The third kappa shape index (κ3) is 4.40. The number of hydrogen-bond acceptors (Lipinski definition) is 5. The van der Waals surface area contributed by atoms with Gasteiger partial charge in [-0.3, -0.25) is 4.79 Å². The summed E-state index contributed by atoms with van der Waals surface area (Å²) in [6.07, 6.45) is 6.49. The normalized spacial score (nSPS) is 17.6. The number of aromatic nitrogens is 4. The highest BCUT2D eigenvalue weighted by atomic mass is 35.5. The van der Waals surface area contributed by atoms with E-state index in [4.69, 9.17) is 11.6 Å². The molecule has 2 aromatic rings. The number of rotatable bonds is 9. The third-order valence-electron chi connectivity index (χ3n) is 6.23. The Hall–Kier alpha value is -2.29. The lowest BCUT2D eigenvalue weighted by Gasteiger charge is -2.42. The molecule has 2 heterocycles. The molecule has 2 aromatic heterocycles. The summed E-state index contributed by atoms with van der Waals surface area (Å²) in [5.74, 6) is 1.37. The first kappa shape index (κ1) is 21.0. The van der Waals surface area contributed by atoms with Gasteiger partial charge in [0.05, 0.1) is 17.1 Å². The van der Waals surface area contributed by atoms with Gasteiger partial charge in [0.25, 0.3) is 12.3 Å². The second-order valence-electron chi connectivity index (χ2n) is 8.30. The van der Waals surface area contributed by atoms with Crippen LogP contribution in [0.2, 0.25) is 5.02 Å². The Morgan fingerprint density at radius 3 is 2.80 bits per heavy atom. The molecule has 2 saturated carbocycles. The van der Waals surface area contributed by atoms with Gasteiger partial charge in [-0.2, -0.15) is 5.10 Å². The summed E-state index contributed by atoms with van der Waals surface area (Å²) in [6, 6.07) is 1.66. The fraction of sp³-hybridized carbons (Fsp3) is 0.600. The van der Waals surface area contributed by atoms with E-state index in [1.54, 1.807) is 13.1 Å². The molecule has 0 radical (unpaired) electrons. The topological polar surface area (TPSA) is 75.9 Å². The summed E-state index contributed by atoms with van der Waals surface area (Å²) in [6.45, 7) is 0.328. The van der Waals surface area contributed by atoms with Crippen LogP contribution in [0.15, 0.2) is 18.6 Å². The maximum atomic E-state index is 12.9. The van der Waals surface area contributed by atoms with E-state index < -0.39 is 13.0 Å². The molecule has 7 nitrogen and oxygen atoms in total. The summed E-state index contributed by atoms with van der Waals surface area (Å²) in [5, 5.41) is 7.43. The number of anilines is 1. The first-order valence-corrected chi connectivity index (χ1v) is 10.6. The van der Waals surface area contributed by atoms with Crippen LogP contribution in [0.5, 0.6) is 0 Å². The molecule has 0 spiro atoms. The number of nitrogens with zero attached hydrogens (tertiary/aromatic N) is 5. The van der Waals surface area contributed by atoms with Crippen LogP contribution in [0.3, 0.4) is 0 Å². The van der Waals surface area contributed by atoms with E-state index in [0.29, 0.717) is 16.8 Å². The van der Waals surface area contributed by atoms with E-state index in [2.05, 4.69) is 20.4 Å². The first-order valence-electron chi connectivity index (χ1n) is 10.2. The molecule has 2 aliphatic carbocycles. The van der Waals surface area contributed by atoms with Crippen molar-refractivity contribution in [2.75, 3.05) is 18.9 Å². The highest BCUT2D eigenvalue weighted by Crippen LogP contribution is 2.57. The Kier molecular flexibility index (Phi) is 5.90. The molecule has 0 bridgehead atoms. The molecular formula is C20H25ClF2N6O. The van der Waals surface area contributed by atoms with Crippen LogP contribution in [-0.4, -0.2) is 50.6 Å². The number of carbonyl (C=O) groups is 1. The third-order valence-corrected chi connectivity index (χ3v) is 6.53. The number of nitrogens with one attached hydrogen (secondary N) is 1. The van der Waals surface area contributed by atoms with E-state index >= 15 is 0 Å². The van der Waals surface area contributed by atoms with Gasteiger partial charge in [-0.1, -0.05) is 18.0 Å². The van der Waals surface area contributed by atoms with Crippen LogP contribution in [0.4, 0.5) is 14.6 Å². The molecule has 0 saturated heterocycles. The molecule has 2 fully saturated rings. The van der Waals surface area contributed by atoms with Crippen LogP contribution < -0.4 is 5.32 Å². The fourth-order valence-electron chi connectivity index (χ4n) is 4.21. The second kappa shape index (κ2) is 8.45. The first-order chi connectivity index (χ1) is 14.4. The van der Waals surface area contributed by atoms with E-state index in [1.165, 1.54) is 49.5 Å². The fourth-order valence-corrected chi connectivity index (χ4v) is 4.39. The Morgan fingerprint density at radius 2 is 2.17 bits per heavy atom. The lowest BCUT2D eigenvalue weighted by molar-refractivity contribution is 0.0775. The second-order valence-corrected chi connectivity index (χ2v) is 8.71. The zero-order valence-electron chi connectivity index (χ0n) is 16.8. The number of carbonyl (C=O) groups excluding carboxylic acids is 1. The lowest BCUT2D eigenvalue weighted by atomic mass is 9.65. The number of alkyl halides is 2. The van der Waals surface area contributed by atoms with E-state index in [9.17, 15) is 13.6 Å². The molecule has 0 aliphatic heterocycles. The molecule has 0 aromatic carbocycles. The average molecular weight is 439 g/mol. The monoisotopic (exact) mass is 438 g/mol. The molecule has 4 rings (SSSR count). The molecule has 1 amide bonds. The van der Waals surface area contributed by atoms with Gasteiger partial charge in [-0.15, -0.1) is 0 Å². The van der Waals surface area contributed by atoms with E-state index in [-0.39, 0.29) is 23.3 Å². The Morgan fingerprint density at radius 1 is 1.40 bits per heavy atom. The molecule has 1 N–H and O–H groups in total. The molecule has 30 heavy (non-hydrogen) atoms. The average Bonchev–Trinajstić information content (AvgIpc) is 3.43. The van der Waals surface area contributed by atoms with Gasteiger partial charge in [0.1, 0.15) is 24.5 Å². The van der Waals surface area contributed by atoms with Crippen molar-refractivity contribution in [3.8, 4) is 0 Å². The Balaban J connectivity index is 1.43. The SMILES string of the molecule is CN(Cc1ncnn1CC(F)F)C(=O)c1cc(NCC2(C3CC3)CCC2)ncc1Cl. The summed E-state index contributed by atoms with van der Waals surface area (Å²) in [5.41, 5.74) is 0.683. The predicted octanol–water partition coefficient (Wildman–Crippen LogP) is 3.86. The highest BCUT2D eigenvalue weighted by Gasteiger charge is 2.48. The van der Waals surface area contributed by atoms with Gasteiger partial charge in [0.2, 0.25) is 0 Å². The minimum Gasteiger partial charge on any atom is -0.369 e. The predicted molar refractivity (Wildman–Crippen MR) is 109 cm³/mol. The van der Waals surface area contributed by atoms with E-state index in [0.717, 1.165) is 17.1 Å². The van der Waals surface area contributed by atoms with Crippen LogP contribution in [-0.2, 0) is 13.1 Å². The van der Waals surface area contributed by atoms with Crippen molar-refractivity contribution in [1.29, 1.82) is 0 Å². The molecule has 0 unspecified atom stereocenters. The maximum Gasteiger partial charge on any atom is 0.257 e. The smallest absolute Gasteiger partial charge is 0.257 e. The van der Waals surface area contributed by atoms with Crippen molar-refractivity contribution >= 4 is 23.3 Å². The zero-order chi connectivity index (χ0) is 21.3. The van der Waals surface area contributed by atoms with Crippen LogP contribution in [0, 0.1) is 11.3 Å². The van der Waals surface area contributed by atoms with Gasteiger partial charge in [-0.25, -0.2) is 23.4 Å². The van der Waals surface area contributed by atoms with Crippen LogP contribution in [0.1, 0.15) is 48.3 Å². The minimum absolute atomic E-state index is 0.0394. The van der Waals surface area contributed by atoms with Crippen molar-refractivity contribution in [2.24, 2.45) is 11.3 Å². The largest absolute Gasteiger partial charge is 0.369 e. The number of halogens is 3. The Labute approximate surface area is 178 Å². The quantitative estimate of drug-likeness (QED) is 0.643. The van der Waals surface area contributed by atoms with Crippen molar-refractivity contribution in [2.45, 2.75) is 51.6 Å². The van der Waals surface area contributed by atoms with Crippen LogP contribution >= 0.6 is 11.6 Å².